The molecule has 1 N–H and O–H groups in total. The maximum Gasteiger partial charge on any atom is 0.0492 e. The molecule has 1 aromatic carbocycles. The van der Waals surface area contributed by atoms with Crippen LogP contribution in [0.2, 0.25) is 0 Å². The third kappa shape index (κ3) is 3.55. The molecule has 2 rings (SSSR count). The zero-order valence-electron chi connectivity index (χ0n) is 11.0. The summed E-state index contributed by atoms with van der Waals surface area (Å²) in [6.07, 6.45) is 6.92. The van der Waals surface area contributed by atoms with Crippen LogP contribution in [0.1, 0.15) is 43.7 Å². The number of hydrazine groups is 1. The zero-order valence-corrected chi connectivity index (χ0v) is 11.0. The van der Waals surface area contributed by atoms with E-state index in [1.54, 1.807) is 0 Å². The Morgan fingerprint density at radius 1 is 1.06 bits per heavy atom. The van der Waals surface area contributed by atoms with Crippen molar-refractivity contribution < 1.29 is 0 Å². The second kappa shape index (κ2) is 6.18. The number of nitrogens with zero attached hydrogens (tertiary/aromatic N) is 1. The summed E-state index contributed by atoms with van der Waals surface area (Å²) in [6, 6.07) is 11.3. The Kier molecular flexibility index (Phi) is 4.57. The van der Waals surface area contributed by atoms with Gasteiger partial charge in [-0.05, 0) is 24.3 Å². The zero-order chi connectivity index (χ0) is 12.1. The molecule has 0 aromatic heterocycles. The molecule has 1 atom stereocenters. The first-order chi connectivity index (χ1) is 8.27. The van der Waals surface area contributed by atoms with Gasteiger partial charge in [0.15, 0.2) is 0 Å². The maximum atomic E-state index is 3.60. The van der Waals surface area contributed by atoms with Crippen LogP contribution in [0.4, 0.5) is 0 Å². The lowest BCUT2D eigenvalue weighted by Gasteiger charge is -2.33. The monoisotopic (exact) mass is 232 g/mol. The largest absolute Gasteiger partial charge is 0.250 e. The molecule has 0 radical (unpaired) electrons. The average Bonchev–Trinajstić information content (AvgIpc) is 2.38. The highest BCUT2D eigenvalue weighted by Crippen LogP contribution is 2.34. The highest BCUT2D eigenvalue weighted by Gasteiger charge is 2.25. The Morgan fingerprint density at radius 3 is 2.29 bits per heavy atom. The second-order valence-corrected chi connectivity index (χ2v) is 5.31. The van der Waals surface area contributed by atoms with Gasteiger partial charge in [0, 0.05) is 20.1 Å². The molecule has 1 aliphatic rings. The lowest BCUT2D eigenvalue weighted by Crippen LogP contribution is -2.38. The summed E-state index contributed by atoms with van der Waals surface area (Å²) in [7, 11) is 4.16. The lowest BCUT2D eigenvalue weighted by molar-refractivity contribution is 0.169. The Hall–Kier alpha value is -0.860. The van der Waals surface area contributed by atoms with Crippen LogP contribution < -0.4 is 5.43 Å². The van der Waals surface area contributed by atoms with Crippen LogP contribution in [0.3, 0.4) is 0 Å². The maximum absolute atomic E-state index is 3.60. The molecule has 17 heavy (non-hydrogen) atoms. The molecule has 0 saturated heterocycles. The van der Waals surface area contributed by atoms with Crippen molar-refractivity contribution in [1.29, 1.82) is 0 Å². The molecule has 1 fully saturated rings. The van der Waals surface area contributed by atoms with Gasteiger partial charge in [-0.25, -0.2) is 5.43 Å². The smallest absolute Gasteiger partial charge is 0.0492 e. The van der Waals surface area contributed by atoms with Crippen molar-refractivity contribution in [3.8, 4) is 0 Å². The molecule has 0 amide bonds. The van der Waals surface area contributed by atoms with Crippen LogP contribution >= 0.6 is 0 Å². The van der Waals surface area contributed by atoms with Gasteiger partial charge in [-0.2, -0.15) is 0 Å². The van der Waals surface area contributed by atoms with E-state index in [4.69, 9.17) is 0 Å². The third-order valence-electron chi connectivity index (χ3n) is 3.68. The number of benzene rings is 1. The minimum atomic E-state index is 0.478. The summed E-state index contributed by atoms with van der Waals surface area (Å²) in [6.45, 7) is 0. The van der Waals surface area contributed by atoms with Crippen LogP contribution in [0.15, 0.2) is 30.3 Å². The summed E-state index contributed by atoms with van der Waals surface area (Å²) < 4.78 is 0. The Morgan fingerprint density at radius 2 is 1.71 bits per heavy atom. The van der Waals surface area contributed by atoms with E-state index in [-0.39, 0.29) is 0 Å². The van der Waals surface area contributed by atoms with Gasteiger partial charge in [-0.3, -0.25) is 5.01 Å². The second-order valence-electron chi connectivity index (χ2n) is 5.31. The van der Waals surface area contributed by atoms with Gasteiger partial charge in [0.05, 0.1) is 0 Å². The van der Waals surface area contributed by atoms with E-state index >= 15 is 0 Å². The summed E-state index contributed by atoms with van der Waals surface area (Å²) in [5.74, 6) is 0.786. The van der Waals surface area contributed by atoms with Crippen molar-refractivity contribution >= 4 is 0 Å². The number of hydrogen-bond donors (Lipinski definition) is 1. The fraction of sp³-hybridized carbons (Fsp3) is 0.600. The first kappa shape index (κ1) is 12.6. The molecule has 2 heteroatoms. The highest BCUT2D eigenvalue weighted by molar-refractivity contribution is 5.19. The third-order valence-corrected chi connectivity index (χ3v) is 3.68. The van der Waals surface area contributed by atoms with Gasteiger partial charge in [0.25, 0.3) is 0 Å². The molecule has 0 aliphatic heterocycles. The van der Waals surface area contributed by atoms with Gasteiger partial charge < -0.3 is 0 Å². The molecule has 0 heterocycles. The molecule has 0 bridgehead atoms. The summed E-state index contributed by atoms with van der Waals surface area (Å²) in [4.78, 5) is 0. The van der Waals surface area contributed by atoms with Crippen molar-refractivity contribution in [2.24, 2.45) is 5.92 Å². The fourth-order valence-electron chi connectivity index (χ4n) is 2.86. The fourth-order valence-corrected chi connectivity index (χ4v) is 2.86. The van der Waals surface area contributed by atoms with E-state index in [0.29, 0.717) is 6.04 Å². The van der Waals surface area contributed by atoms with E-state index in [9.17, 15) is 0 Å². The number of rotatable bonds is 4. The molecule has 1 unspecified atom stereocenters. The molecule has 2 nitrogen and oxygen atoms in total. The van der Waals surface area contributed by atoms with Gasteiger partial charge in [0.2, 0.25) is 0 Å². The molecule has 1 aromatic rings. The summed E-state index contributed by atoms with van der Waals surface area (Å²) >= 11 is 0. The van der Waals surface area contributed by atoms with Gasteiger partial charge in [-0.15, -0.1) is 0 Å². The minimum absolute atomic E-state index is 0.478. The van der Waals surface area contributed by atoms with Crippen LogP contribution in [0, 0.1) is 5.92 Å². The molecule has 1 aliphatic carbocycles. The minimum Gasteiger partial charge on any atom is -0.250 e. The lowest BCUT2D eigenvalue weighted by atomic mass is 9.81. The van der Waals surface area contributed by atoms with E-state index in [1.807, 2.05) is 0 Å². The summed E-state index contributed by atoms with van der Waals surface area (Å²) in [5, 5.41) is 2.09. The number of nitrogens with one attached hydrogen (secondary N) is 1. The topological polar surface area (TPSA) is 15.3 Å². The van der Waals surface area contributed by atoms with Crippen LogP contribution in [0.5, 0.6) is 0 Å². The standard InChI is InChI=1S/C15H24N2/c1-17(2)16-15(13-9-5-3-6-10-13)14-11-7-4-8-12-14/h3,5-6,9-10,14-16H,4,7-8,11-12H2,1-2H3. The Bertz CT molecular complexity index is 315. The average molecular weight is 232 g/mol. The molecule has 94 valence electrons. The normalized spacial score (nSPS) is 19.5. The SMILES string of the molecule is CN(C)NC(c1ccccc1)C1CCCCC1. The van der Waals surface area contributed by atoms with Crippen molar-refractivity contribution in [2.45, 2.75) is 38.1 Å². The van der Waals surface area contributed by atoms with Crippen LogP contribution in [0.25, 0.3) is 0 Å². The summed E-state index contributed by atoms with van der Waals surface area (Å²) in [5.41, 5.74) is 5.02. The van der Waals surface area contributed by atoms with E-state index in [2.05, 4.69) is 54.9 Å². The molecule has 0 spiro atoms. The Labute approximate surface area is 105 Å². The predicted molar refractivity (Wildman–Crippen MR) is 72.6 cm³/mol. The Balaban J connectivity index is 2.12. The quantitative estimate of drug-likeness (QED) is 0.801. The molecular weight excluding hydrogens is 208 g/mol. The highest BCUT2D eigenvalue weighted by atomic mass is 15.5. The van der Waals surface area contributed by atoms with E-state index < -0.39 is 0 Å². The van der Waals surface area contributed by atoms with Crippen LogP contribution in [-0.4, -0.2) is 19.1 Å². The van der Waals surface area contributed by atoms with Gasteiger partial charge in [-0.1, -0.05) is 49.6 Å². The number of hydrogen-bond acceptors (Lipinski definition) is 2. The van der Waals surface area contributed by atoms with Crippen molar-refractivity contribution in [1.82, 2.24) is 10.4 Å². The van der Waals surface area contributed by atoms with Gasteiger partial charge in [0.1, 0.15) is 0 Å². The van der Waals surface area contributed by atoms with E-state index in [0.717, 1.165) is 5.92 Å². The first-order valence-electron chi connectivity index (χ1n) is 6.76. The first-order valence-corrected chi connectivity index (χ1v) is 6.76. The molecule has 1 saturated carbocycles. The van der Waals surface area contributed by atoms with Crippen molar-refractivity contribution in [2.75, 3.05) is 14.1 Å². The van der Waals surface area contributed by atoms with Gasteiger partial charge >= 0.3 is 0 Å². The predicted octanol–water partition coefficient (Wildman–Crippen LogP) is 3.37. The van der Waals surface area contributed by atoms with Crippen molar-refractivity contribution in [3.63, 3.8) is 0 Å². The molecular formula is C15H24N2. The van der Waals surface area contributed by atoms with Crippen LogP contribution in [-0.2, 0) is 0 Å². The van der Waals surface area contributed by atoms with Crippen molar-refractivity contribution in [3.05, 3.63) is 35.9 Å². The van der Waals surface area contributed by atoms with E-state index in [1.165, 1.54) is 37.7 Å².